The number of amides is 1. The van der Waals surface area contributed by atoms with Gasteiger partial charge in [0.2, 0.25) is 0 Å². The van der Waals surface area contributed by atoms with Crippen molar-refractivity contribution in [1.82, 2.24) is 19.8 Å². The van der Waals surface area contributed by atoms with E-state index in [4.69, 9.17) is 0 Å². The molecule has 0 spiro atoms. The van der Waals surface area contributed by atoms with Gasteiger partial charge >= 0.3 is 0 Å². The number of hydrogen-bond acceptors (Lipinski definition) is 4. The van der Waals surface area contributed by atoms with E-state index in [0.717, 1.165) is 38.5 Å². The first-order valence-corrected chi connectivity index (χ1v) is 8.14. The summed E-state index contributed by atoms with van der Waals surface area (Å²) in [6.07, 6.45) is 5.81. The van der Waals surface area contributed by atoms with Crippen LogP contribution in [0.25, 0.3) is 0 Å². The number of aromatic nitrogens is 2. The molecular formula is C18H20N4O. The number of carbonyl (C=O) groups is 1. The highest BCUT2D eigenvalue weighted by Crippen LogP contribution is 2.33. The summed E-state index contributed by atoms with van der Waals surface area (Å²) in [4.78, 5) is 25.1. The van der Waals surface area contributed by atoms with Crippen molar-refractivity contribution in [2.75, 3.05) is 19.6 Å². The summed E-state index contributed by atoms with van der Waals surface area (Å²) in [5.41, 5.74) is 1.78. The molecule has 0 bridgehead atoms. The molecule has 2 aliphatic heterocycles. The largest absolute Gasteiger partial charge is 0.336 e. The molecule has 2 atom stereocenters. The minimum atomic E-state index is 0.00288. The van der Waals surface area contributed by atoms with Crippen LogP contribution in [0.5, 0.6) is 0 Å². The van der Waals surface area contributed by atoms with Gasteiger partial charge in [-0.05, 0) is 17.9 Å². The van der Waals surface area contributed by atoms with Gasteiger partial charge in [0.1, 0.15) is 5.69 Å². The Morgan fingerprint density at radius 1 is 1.17 bits per heavy atom. The molecule has 1 amide bonds. The molecule has 5 heteroatoms. The molecule has 2 aliphatic rings. The molecular weight excluding hydrogens is 288 g/mol. The van der Waals surface area contributed by atoms with Gasteiger partial charge in [0.15, 0.2) is 0 Å². The number of fused-ring (bicyclic) bond motifs is 1. The van der Waals surface area contributed by atoms with E-state index in [2.05, 4.69) is 39.1 Å². The highest BCUT2D eigenvalue weighted by atomic mass is 16.2. The second-order valence-corrected chi connectivity index (χ2v) is 6.37. The summed E-state index contributed by atoms with van der Waals surface area (Å²) in [6.45, 7) is 3.74. The Bertz CT molecular complexity index is 676. The van der Waals surface area contributed by atoms with Crippen LogP contribution in [0.4, 0.5) is 0 Å². The van der Waals surface area contributed by atoms with Crippen molar-refractivity contribution < 1.29 is 4.79 Å². The molecule has 2 fully saturated rings. The number of carbonyl (C=O) groups excluding carboxylic acids is 1. The molecule has 2 saturated heterocycles. The Kier molecular flexibility index (Phi) is 3.79. The molecule has 2 aromatic rings. The van der Waals surface area contributed by atoms with E-state index in [1.165, 1.54) is 5.56 Å². The lowest BCUT2D eigenvalue weighted by Gasteiger charge is -2.53. The normalized spacial score (nSPS) is 23.9. The molecule has 23 heavy (non-hydrogen) atoms. The molecule has 5 nitrogen and oxygen atoms in total. The summed E-state index contributed by atoms with van der Waals surface area (Å²) in [6, 6.07) is 11.0. The number of piperidine rings is 1. The third-order valence-electron chi connectivity index (χ3n) is 4.96. The minimum Gasteiger partial charge on any atom is -0.336 e. The molecule has 0 unspecified atom stereocenters. The average Bonchev–Trinajstić information content (AvgIpc) is 2.61. The van der Waals surface area contributed by atoms with Gasteiger partial charge < -0.3 is 4.90 Å². The van der Waals surface area contributed by atoms with Crippen LogP contribution in [0.15, 0.2) is 48.9 Å². The average molecular weight is 308 g/mol. The van der Waals surface area contributed by atoms with Crippen molar-refractivity contribution in [1.29, 1.82) is 0 Å². The Hall–Kier alpha value is -2.27. The second kappa shape index (κ2) is 6.08. The van der Waals surface area contributed by atoms with Gasteiger partial charge in [-0.15, -0.1) is 0 Å². The molecule has 0 saturated carbocycles. The summed E-state index contributed by atoms with van der Waals surface area (Å²) >= 11 is 0. The van der Waals surface area contributed by atoms with E-state index in [-0.39, 0.29) is 5.91 Å². The Labute approximate surface area is 136 Å². The van der Waals surface area contributed by atoms with Crippen LogP contribution in [0.2, 0.25) is 0 Å². The van der Waals surface area contributed by atoms with Crippen molar-refractivity contribution in [3.05, 3.63) is 60.2 Å². The Balaban J connectivity index is 1.41. The van der Waals surface area contributed by atoms with E-state index in [9.17, 15) is 4.79 Å². The zero-order valence-corrected chi connectivity index (χ0v) is 13.0. The molecule has 0 aliphatic carbocycles. The monoisotopic (exact) mass is 308 g/mol. The second-order valence-electron chi connectivity index (χ2n) is 6.37. The van der Waals surface area contributed by atoms with Gasteiger partial charge in [0.05, 0.1) is 6.20 Å². The predicted molar refractivity (Wildman–Crippen MR) is 86.7 cm³/mol. The highest BCUT2D eigenvalue weighted by molar-refractivity contribution is 5.92. The summed E-state index contributed by atoms with van der Waals surface area (Å²) < 4.78 is 0. The van der Waals surface area contributed by atoms with E-state index >= 15 is 0 Å². The van der Waals surface area contributed by atoms with Crippen molar-refractivity contribution in [3.63, 3.8) is 0 Å². The highest BCUT2D eigenvalue weighted by Gasteiger charge is 2.43. The van der Waals surface area contributed by atoms with Crippen LogP contribution in [0, 0.1) is 5.92 Å². The van der Waals surface area contributed by atoms with Gasteiger partial charge in [-0.1, -0.05) is 30.3 Å². The lowest BCUT2D eigenvalue weighted by atomic mass is 9.82. The van der Waals surface area contributed by atoms with Gasteiger partial charge in [-0.2, -0.15) is 0 Å². The standard InChI is InChI=1S/C18H20N4O/c23-18(16-10-19-7-8-20-16)21-9-6-15-12-22(17(15)13-21)11-14-4-2-1-3-5-14/h1-5,7-8,10,15,17H,6,9,11-13H2/t15-,17-/m1/s1. The van der Waals surface area contributed by atoms with Crippen LogP contribution in [0.3, 0.4) is 0 Å². The fourth-order valence-corrected chi connectivity index (χ4v) is 3.66. The van der Waals surface area contributed by atoms with Crippen LogP contribution in [0.1, 0.15) is 22.5 Å². The molecule has 0 N–H and O–H groups in total. The minimum absolute atomic E-state index is 0.00288. The summed E-state index contributed by atoms with van der Waals surface area (Å²) in [5.74, 6) is 0.729. The molecule has 4 rings (SSSR count). The van der Waals surface area contributed by atoms with Crippen LogP contribution >= 0.6 is 0 Å². The maximum absolute atomic E-state index is 12.5. The van der Waals surface area contributed by atoms with E-state index in [1.807, 2.05) is 11.0 Å². The zero-order chi connectivity index (χ0) is 15.6. The lowest BCUT2D eigenvalue weighted by molar-refractivity contribution is -0.0428. The third kappa shape index (κ3) is 2.84. The van der Waals surface area contributed by atoms with Gasteiger partial charge in [0.25, 0.3) is 5.91 Å². The van der Waals surface area contributed by atoms with Crippen LogP contribution < -0.4 is 0 Å². The summed E-state index contributed by atoms with van der Waals surface area (Å²) in [7, 11) is 0. The first kappa shape index (κ1) is 14.3. The van der Waals surface area contributed by atoms with Crippen LogP contribution in [-0.2, 0) is 6.54 Å². The maximum Gasteiger partial charge on any atom is 0.274 e. The first-order valence-electron chi connectivity index (χ1n) is 8.14. The van der Waals surface area contributed by atoms with Crippen molar-refractivity contribution in [3.8, 4) is 0 Å². The molecule has 3 heterocycles. The Morgan fingerprint density at radius 2 is 2.04 bits per heavy atom. The van der Waals surface area contributed by atoms with Gasteiger partial charge in [-0.25, -0.2) is 4.98 Å². The lowest BCUT2D eigenvalue weighted by Crippen LogP contribution is -2.64. The predicted octanol–water partition coefficient (Wildman–Crippen LogP) is 1.82. The topological polar surface area (TPSA) is 49.3 Å². The van der Waals surface area contributed by atoms with E-state index in [1.54, 1.807) is 18.6 Å². The van der Waals surface area contributed by atoms with Gasteiger partial charge in [-0.3, -0.25) is 14.7 Å². The number of likely N-dealkylation sites (tertiary alicyclic amines) is 2. The van der Waals surface area contributed by atoms with Crippen molar-refractivity contribution >= 4 is 5.91 Å². The van der Waals surface area contributed by atoms with E-state index < -0.39 is 0 Å². The number of hydrogen-bond donors (Lipinski definition) is 0. The van der Waals surface area contributed by atoms with Crippen molar-refractivity contribution in [2.24, 2.45) is 5.92 Å². The quantitative estimate of drug-likeness (QED) is 0.868. The zero-order valence-electron chi connectivity index (χ0n) is 13.0. The molecule has 118 valence electrons. The smallest absolute Gasteiger partial charge is 0.274 e. The number of benzene rings is 1. The van der Waals surface area contributed by atoms with E-state index in [0.29, 0.717) is 11.7 Å². The molecule has 1 aromatic heterocycles. The Morgan fingerprint density at radius 3 is 2.83 bits per heavy atom. The fraction of sp³-hybridized carbons (Fsp3) is 0.389. The van der Waals surface area contributed by atoms with Crippen molar-refractivity contribution in [2.45, 2.75) is 19.0 Å². The number of rotatable bonds is 3. The van der Waals surface area contributed by atoms with Crippen LogP contribution in [-0.4, -0.2) is 51.4 Å². The SMILES string of the molecule is O=C(c1cnccn1)N1CC[C@@H]2CN(Cc3ccccc3)[C@@H]2C1. The number of nitrogens with zero attached hydrogens (tertiary/aromatic N) is 4. The maximum atomic E-state index is 12.5. The third-order valence-corrected chi connectivity index (χ3v) is 4.96. The first-order chi connectivity index (χ1) is 11.3. The molecule has 1 aromatic carbocycles. The summed E-state index contributed by atoms with van der Waals surface area (Å²) in [5, 5.41) is 0. The fourth-order valence-electron chi connectivity index (χ4n) is 3.66. The van der Waals surface area contributed by atoms with Gasteiger partial charge in [0, 0.05) is 44.6 Å². The molecule has 0 radical (unpaired) electrons.